The van der Waals surface area contributed by atoms with E-state index in [-0.39, 0.29) is 18.7 Å². The van der Waals surface area contributed by atoms with Crippen molar-refractivity contribution < 1.29 is 14.7 Å². The predicted molar refractivity (Wildman–Crippen MR) is 89.5 cm³/mol. The Balaban J connectivity index is 2.13. The van der Waals surface area contributed by atoms with Crippen molar-refractivity contribution in [2.45, 2.75) is 52.9 Å². The van der Waals surface area contributed by atoms with Gasteiger partial charge in [-0.2, -0.15) is 5.26 Å². The maximum absolute atomic E-state index is 12.2. The first-order valence-electron chi connectivity index (χ1n) is 7.78. The lowest BCUT2D eigenvalue weighted by atomic mass is 9.85. The number of thiophene rings is 1. The summed E-state index contributed by atoms with van der Waals surface area (Å²) in [5.41, 5.74) is 1.05. The van der Waals surface area contributed by atoms with Crippen LogP contribution in [0.1, 0.15) is 56.0 Å². The molecule has 2 rings (SSSR count). The highest BCUT2D eigenvalue weighted by molar-refractivity contribution is 7.16. The smallest absolute Gasteiger partial charge is 0.303 e. The summed E-state index contributed by atoms with van der Waals surface area (Å²) in [4.78, 5) is 24.3. The molecule has 124 valence electrons. The van der Waals surface area contributed by atoms with Crippen LogP contribution in [0.2, 0.25) is 0 Å². The molecule has 23 heavy (non-hydrogen) atoms. The maximum atomic E-state index is 12.2. The molecule has 0 spiro atoms. The number of nitrogens with zero attached hydrogens (tertiary/aromatic N) is 1. The molecule has 1 aromatic heterocycles. The molecule has 6 heteroatoms. The third kappa shape index (κ3) is 4.32. The summed E-state index contributed by atoms with van der Waals surface area (Å²) in [7, 11) is 0. The van der Waals surface area contributed by atoms with Crippen molar-refractivity contribution in [1.82, 2.24) is 0 Å². The number of nitrogens with one attached hydrogen (secondary N) is 1. The van der Waals surface area contributed by atoms with Crippen molar-refractivity contribution in [3.63, 3.8) is 0 Å². The Labute approximate surface area is 140 Å². The summed E-state index contributed by atoms with van der Waals surface area (Å²) in [5, 5.41) is 21.8. The molecule has 0 fully saturated rings. The monoisotopic (exact) mass is 334 g/mol. The van der Waals surface area contributed by atoms with Crippen LogP contribution in [0, 0.1) is 22.7 Å². The molecule has 0 saturated carbocycles. The van der Waals surface area contributed by atoms with E-state index in [1.807, 2.05) is 0 Å². The largest absolute Gasteiger partial charge is 0.481 e. The number of aliphatic carboxylic acids is 1. The second-order valence-electron chi connectivity index (χ2n) is 7.13. The molecule has 0 aliphatic heterocycles. The number of carboxylic acid groups (broad SMARTS) is 1. The number of anilines is 1. The number of nitriles is 1. The molecular formula is C17H22N2O3S. The van der Waals surface area contributed by atoms with Gasteiger partial charge in [-0.1, -0.05) is 20.8 Å². The Kier molecular flexibility index (Phi) is 5.10. The lowest BCUT2D eigenvalue weighted by Gasteiger charge is -2.21. The minimum atomic E-state index is -0.916. The number of hydrogen-bond donors (Lipinski definition) is 2. The summed E-state index contributed by atoms with van der Waals surface area (Å²) in [5.74, 6) is -0.550. The van der Waals surface area contributed by atoms with E-state index >= 15 is 0 Å². The van der Waals surface area contributed by atoms with Crippen molar-refractivity contribution in [3.05, 3.63) is 16.0 Å². The first-order valence-corrected chi connectivity index (χ1v) is 8.60. The molecular weight excluding hydrogens is 312 g/mol. The van der Waals surface area contributed by atoms with E-state index in [4.69, 9.17) is 5.11 Å². The first-order chi connectivity index (χ1) is 10.7. The number of amides is 1. The topological polar surface area (TPSA) is 90.2 Å². The molecule has 1 aromatic rings. The van der Waals surface area contributed by atoms with E-state index in [1.165, 1.54) is 16.2 Å². The van der Waals surface area contributed by atoms with E-state index in [9.17, 15) is 14.9 Å². The minimum Gasteiger partial charge on any atom is -0.481 e. The molecule has 0 radical (unpaired) electrons. The summed E-state index contributed by atoms with van der Waals surface area (Å²) in [6.45, 7) is 5.71. The van der Waals surface area contributed by atoms with Gasteiger partial charge in [0.15, 0.2) is 0 Å². The number of carboxylic acids is 1. The normalized spacial score (nSPS) is 17.2. The van der Waals surface area contributed by atoms with Gasteiger partial charge >= 0.3 is 5.97 Å². The summed E-state index contributed by atoms with van der Waals surface area (Å²) in [6, 6.07) is 2.22. The van der Waals surface area contributed by atoms with Gasteiger partial charge in [0, 0.05) is 11.3 Å². The van der Waals surface area contributed by atoms with E-state index in [2.05, 4.69) is 18.3 Å². The zero-order valence-electron chi connectivity index (χ0n) is 13.7. The lowest BCUT2D eigenvalue weighted by Crippen LogP contribution is -2.24. The van der Waals surface area contributed by atoms with Crippen LogP contribution < -0.4 is 5.32 Å². The van der Waals surface area contributed by atoms with Crippen LogP contribution in [0.3, 0.4) is 0 Å². The minimum absolute atomic E-state index is 0.0655. The third-order valence-corrected chi connectivity index (χ3v) is 5.32. The van der Waals surface area contributed by atoms with Gasteiger partial charge in [0.05, 0.1) is 12.0 Å². The van der Waals surface area contributed by atoms with Crippen LogP contribution >= 0.6 is 11.3 Å². The molecule has 0 aromatic carbocycles. The van der Waals surface area contributed by atoms with Gasteiger partial charge in [0.2, 0.25) is 5.91 Å². The van der Waals surface area contributed by atoms with Crippen LogP contribution in [0.5, 0.6) is 0 Å². The first kappa shape index (κ1) is 17.5. The highest BCUT2D eigenvalue weighted by atomic mass is 32.1. The molecule has 1 aliphatic carbocycles. The summed E-state index contributed by atoms with van der Waals surface area (Å²) in [6.07, 6.45) is 2.95. The fourth-order valence-electron chi connectivity index (χ4n) is 3.03. The Hall–Kier alpha value is -1.87. The van der Waals surface area contributed by atoms with Gasteiger partial charge in [0.1, 0.15) is 11.1 Å². The number of carbonyl (C=O) groups is 2. The third-order valence-electron chi connectivity index (χ3n) is 4.15. The molecule has 0 bridgehead atoms. The van der Waals surface area contributed by atoms with Crippen LogP contribution in [-0.2, 0) is 22.4 Å². The highest BCUT2D eigenvalue weighted by Gasteiger charge is 2.28. The predicted octanol–water partition coefficient (Wildman–Crippen LogP) is 3.57. The Morgan fingerprint density at radius 2 is 2.13 bits per heavy atom. The van der Waals surface area contributed by atoms with E-state index < -0.39 is 11.4 Å². The van der Waals surface area contributed by atoms with E-state index in [0.717, 1.165) is 24.8 Å². The zero-order chi connectivity index (χ0) is 17.2. The highest BCUT2D eigenvalue weighted by Crippen LogP contribution is 2.39. The Morgan fingerprint density at radius 1 is 1.43 bits per heavy atom. The standard InChI is InChI=1S/C17H22N2O3S/c1-10-4-5-11-12(9-18)16(23-13(11)6-10)19-14(20)7-17(2,3)8-15(21)22/h10H,4-8H2,1-3H3,(H,19,20)(H,21,22)/t10-/m1/s1. The summed E-state index contributed by atoms with van der Waals surface area (Å²) >= 11 is 1.49. The molecule has 1 heterocycles. The van der Waals surface area contributed by atoms with Crippen LogP contribution in [0.4, 0.5) is 5.00 Å². The summed E-state index contributed by atoms with van der Waals surface area (Å²) < 4.78 is 0. The van der Waals surface area contributed by atoms with Crippen molar-refractivity contribution in [2.24, 2.45) is 11.3 Å². The van der Waals surface area contributed by atoms with E-state index in [0.29, 0.717) is 16.5 Å². The second-order valence-corrected chi connectivity index (χ2v) is 8.23. The average Bonchev–Trinajstić information content (AvgIpc) is 2.71. The van der Waals surface area contributed by atoms with Crippen molar-refractivity contribution in [3.8, 4) is 6.07 Å². The van der Waals surface area contributed by atoms with Gasteiger partial charge < -0.3 is 10.4 Å². The molecule has 0 unspecified atom stereocenters. The Bertz CT molecular complexity index is 670. The van der Waals surface area contributed by atoms with Gasteiger partial charge in [0.25, 0.3) is 0 Å². The van der Waals surface area contributed by atoms with Crippen molar-refractivity contribution >= 4 is 28.2 Å². The van der Waals surface area contributed by atoms with E-state index in [1.54, 1.807) is 13.8 Å². The molecule has 0 saturated heterocycles. The average molecular weight is 334 g/mol. The lowest BCUT2D eigenvalue weighted by molar-refractivity contribution is -0.139. The van der Waals surface area contributed by atoms with Gasteiger partial charge in [-0.3, -0.25) is 9.59 Å². The fraction of sp³-hybridized carbons (Fsp3) is 0.588. The van der Waals surface area contributed by atoms with Gasteiger partial charge in [-0.15, -0.1) is 11.3 Å². The van der Waals surface area contributed by atoms with Crippen molar-refractivity contribution in [2.75, 3.05) is 5.32 Å². The zero-order valence-corrected chi connectivity index (χ0v) is 14.5. The molecule has 2 N–H and O–H groups in total. The number of hydrogen-bond acceptors (Lipinski definition) is 4. The Morgan fingerprint density at radius 3 is 2.74 bits per heavy atom. The quantitative estimate of drug-likeness (QED) is 0.861. The molecule has 1 atom stereocenters. The second kappa shape index (κ2) is 6.71. The van der Waals surface area contributed by atoms with Gasteiger partial charge in [-0.05, 0) is 36.2 Å². The number of fused-ring (bicyclic) bond motifs is 1. The SMILES string of the molecule is C[C@@H]1CCc2c(sc(NC(=O)CC(C)(C)CC(=O)O)c2C#N)C1. The van der Waals surface area contributed by atoms with Crippen LogP contribution in [-0.4, -0.2) is 17.0 Å². The number of carbonyl (C=O) groups excluding carboxylic acids is 1. The molecule has 5 nitrogen and oxygen atoms in total. The van der Waals surface area contributed by atoms with Crippen LogP contribution in [0.15, 0.2) is 0 Å². The molecule has 1 amide bonds. The maximum Gasteiger partial charge on any atom is 0.303 e. The number of rotatable bonds is 5. The van der Waals surface area contributed by atoms with Gasteiger partial charge in [-0.25, -0.2) is 0 Å². The molecule has 1 aliphatic rings. The van der Waals surface area contributed by atoms with Crippen LogP contribution in [0.25, 0.3) is 0 Å². The van der Waals surface area contributed by atoms with Crippen molar-refractivity contribution in [1.29, 1.82) is 5.26 Å². The fourth-order valence-corrected chi connectivity index (χ4v) is 4.41.